The second kappa shape index (κ2) is 8.27. The fourth-order valence-electron chi connectivity index (χ4n) is 3.65. The first-order valence-corrected chi connectivity index (χ1v) is 12.4. The average molecular weight is 498 g/mol. The number of benzene rings is 1. The van der Waals surface area contributed by atoms with Gasteiger partial charge in [0, 0.05) is 32.7 Å². The molecule has 1 fully saturated rings. The molecule has 0 spiro atoms. The summed E-state index contributed by atoms with van der Waals surface area (Å²) in [5, 5.41) is 0. The van der Waals surface area contributed by atoms with E-state index in [0.717, 1.165) is 3.79 Å². The van der Waals surface area contributed by atoms with Crippen molar-refractivity contribution in [1.29, 1.82) is 0 Å². The van der Waals surface area contributed by atoms with Crippen molar-refractivity contribution >= 4 is 49.1 Å². The van der Waals surface area contributed by atoms with Crippen LogP contribution in [-0.4, -0.2) is 73.6 Å². The van der Waals surface area contributed by atoms with Gasteiger partial charge in [-0.3, -0.25) is 14.5 Å². The van der Waals surface area contributed by atoms with Crippen LogP contribution in [0.25, 0.3) is 0 Å². The van der Waals surface area contributed by atoms with Gasteiger partial charge in [-0.25, -0.2) is 8.42 Å². The van der Waals surface area contributed by atoms with E-state index in [0.29, 0.717) is 61.0 Å². The molecule has 29 heavy (non-hydrogen) atoms. The highest BCUT2D eigenvalue weighted by molar-refractivity contribution is 9.11. The molecule has 1 aromatic heterocycles. The molecule has 3 heterocycles. The Morgan fingerprint density at radius 3 is 2.07 bits per heavy atom. The van der Waals surface area contributed by atoms with E-state index in [-0.39, 0.29) is 11.8 Å². The van der Waals surface area contributed by atoms with Crippen molar-refractivity contribution in [3.8, 4) is 0 Å². The van der Waals surface area contributed by atoms with Gasteiger partial charge in [-0.2, -0.15) is 4.31 Å². The van der Waals surface area contributed by atoms with Crippen LogP contribution in [0.1, 0.15) is 27.1 Å². The Balaban J connectivity index is 1.27. The molecule has 0 unspecified atom stereocenters. The number of carbonyl (C=O) groups is 2. The average Bonchev–Trinajstić information content (AvgIpc) is 3.26. The highest BCUT2D eigenvalue weighted by atomic mass is 79.9. The lowest BCUT2D eigenvalue weighted by atomic mass is 10.1. The van der Waals surface area contributed by atoms with Crippen LogP contribution < -0.4 is 0 Å². The van der Waals surface area contributed by atoms with Crippen LogP contribution in [0.4, 0.5) is 0 Å². The number of nitrogens with zero attached hydrogens (tertiary/aromatic N) is 3. The molecule has 1 saturated heterocycles. The summed E-state index contributed by atoms with van der Waals surface area (Å²) in [5.74, 6) is -0.466. The highest BCUT2D eigenvalue weighted by Gasteiger charge is 2.35. The number of rotatable bonds is 6. The maximum absolute atomic E-state index is 12.7. The quantitative estimate of drug-likeness (QED) is 0.572. The van der Waals surface area contributed by atoms with Crippen LogP contribution in [0.5, 0.6) is 0 Å². The topological polar surface area (TPSA) is 78.0 Å². The zero-order chi connectivity index (χ0) is 20.6. The fourth-order valence-corrected chi connectivity index (χ4v) is 7.24. The number of thiophene rings is 1. The van der Waals surface area contributed by atoms with Crippen molar-refractivity contribution < 1.29 is 18.0 Å². The molecular weight excluding hydrogens is 478 g/mol. The van der Waals surface area contributed by atoms with Crippen molar-refractivity contribution in [3.63, 3.8) is 0 Å². The second-order valence-corrected chi connectivity index (χ2v) is 11.6. The predicted molar refractivity (Wildman–Crippen MR) is 114 cm³/mol. The predicted octanol–water partition coefficient (Wildman–Crippen LogP) is 2.50. The summed E-state index contributed by atoms with van der Waals surface area (Å²) < 4.78 is 28.0. The minimum absolute atomic E-state index is 0.233. The summed E-state index contributed by atoms with van der Waals surface area (Å²) in [6.45, 7) is 3.22. The van der Waals surface area contributed by atoms with E-state index in [2.05, 4.69) is 20.8 Å². The number of carbonyl (C=O) groups excluding carboxylic acids is 2. The van der Waals surface area contributed by atoms with Gasteiger partial charge in [-0.05, 0) is 53.2 Å². The van der Waals surface area contributed by atoms with Crippen LogP contribution >= 0.6 is 27.3 Å². The minimum Gasteiger partial charge on any atom is -0.301 e. The molecule has 2 aromatic rings. The summed E-state index contributed by atoms with van der Waals surface area (Å²) in [4.78, 5) is 28.3. The first-order valence-electron chi connectivity index (χ1n) is 9.31. The minimum atomic E-state index is -3.45. The standard InChI is InChI=1S/C19H20BrN3O4S2/c20-16-6-7-17(28-16)29(26,27)22-12-10-21(11-13-22)8-3-9-23-18(24)14-4-1-2-5-15(14)19(23)25/h1-2,4-7H,3,8-13H2. The third kappa shape index (κ3) is 4.04. The Bertz CT molecular complexity index is 1010. The number of amides is 2. The molecule has 0 saturated carbocycles. The SMILES string of the molecule is O=C1c2ccccc2C(=O)N1CCCN1CCN(S(=O)(=O)c2ccc(Br)s2)CC1. The number of hydrogen-bond acceptors (Lipinski definition) is 6. The first kappa shape index (κ1) is 20.7. The van der Waals surface area contributed by atoms with Crippen LogP contribution in [-0.2, 0) is 10.0 Å². The number of imide groups is 1. The molecule has 1 aromatic carbocycles. The number of sulfonamides is 1. The van der Waals surface area contributed by atoms with E-state index in [1.54, 1.807) is 36.4 Å². The van der Waals surface area contributed by atoms with Gasteiger partial charge in [0.15, 0.2) is 0 Å². The summed E-state index contributed by atoms with van der Waals surface area (Å²) in [6, 6.07) is 10.3. The third-order valence-corrected chi connectivity index (χ3v) is 9.20. The summed E-state index contributed by atoms with van der Waals surface area (Å²) >= 11 is 4.52. The second-order valence-electron chi connectivity index (χ2n) is 6.97. The molecule has 4 rings (SSSR count). The van der Waals surface area contributed by atoms with Crippen LogP contribution in [0, 0.1) is 0 Å². The molecule has 2 amide bonds. The van der Waals surface area contributed by atoms with Gasteiger partial charge < -0.3 is 4.90 Å². The van der Waals surface area contributed by atoms with Gasteiger partial charge in [0.25, 0.3) is 21.8 Å². The smallest absolute Gasteiger partial charge is 0.261 e. The van der Waals surface area contributed by atoms with E-state index in [1.165, 1.54) is 20.5 Å². The van der Waals surface area contributed by atoms with Crippen LogP contribution in [0.15, 0.2) is 44.4 Å². The van der Waals surface area contributed by atoms with Crippen molar-refractivity contribution in [3.05, 3.63) is 51.3 Å². The zero-order valence-corrected chi connectivity index (χ0v) is 18.8. The van der Waals surface area contributed by atoms with Gasteiger partial charge in [-0.1, -0.05) is 12.1 Å². The van der Waals surface area contributed by atoms with E-state index >= 15 is 0 Å². The van der Waals surface area contributed by atoms with E-state index in [4.69, 9.17) is 0 Å². The van der Waals surface area contributed by atoms with Crippen LogP contribution in [0.2, 0.25) is 0 Å². The Labute approximate surface area is 182 Å². The largest absolute Gasteiger partial charge is 0.301 e. The van der Waals surface area contributed by atoms with E-state index in [1.807, 2.05) is 0 Å². The van der Waals surface area contributed by atoms with Crippen molar-refractivity contribution in [2.45, 2.75) is 10.6 Å². The van der Waals surface area contributed by atoms with E-state index < -0.39 is 10.0 Å². The summed E-state index contributed by atoms with van der Waals surface area (Å²) in [6.07, 6.45) is 0.663. The number of fused-ring (bicyclic) bond motifs is 1. The van der Waals surface area contributed by atoms with Gasteiger partial charge in [0.05, 0.1) is 14.9 Å². The molecule has 0 atom stereocenters. The van der Waals surface area contributed by atoms with Crippen LogP contribution in [0.3, 0.4) is 0 Å². The molecule has 0 N–H and O–H groups in total. The Kier molecular flexibility index (Phi) is 5.90. The summed E-state index contributed by atoms with van der Waals surface area (Å²) in [7, 11) is -3.45. The third-order valence-electron chi connectivity index (χ3n) is 5.21. The molecular formula is C19H20BrN3O4S2. The van der Waals surface area contributed by atoms with E-state index in [9.17, 15) is 18.0 Å². The van der Waals surface area contributed by atoms with Gasteiger partial charge >= 0.3 is 0 Å². The van der Waals surface area contributed by atoms with Gasteiger partial charge in [-0.15, -0.1) is 11.3 Å². The number of hydrogen-bond donors (Lipinski definition) is 0. The fraction of sp³-hybridized carbons (Fsp3) is 0.368. The first-order chi connectivity index (χ1) is 13.9. The van der Waals surface area contributed by atoms with Gasteiger partial charge in [0.2, 0.25) is 0 Å². The molecule has 0 aliphatic carbocycles. The molecule has 154 valence electrons. The van der Waals surface area contributed by atoms with Crippen molar-refractivity contribution in [2.75, 3.05) is 39.3 Å². The molecule has 0 radical (unpaired) electrons. The van der Waals surface area contributed by atoms with Crippen molar-refractivity contribution in [2.24, 2.45) is 0 Å². The molecule has 7 nitrogen and oxygen atoms in total. The maximum Gasteiger partial charge on any atom is 0.261 e. The summed E-state index contributed by atoms with van der Waals surface area (Å²) in [5.41, 5.74) is 0.938. The lowest BCUT2D eigenvalue weighted by Crippen LogP contribution is -2.49. The Morgan fingerprint density at radius 1 is 0.897 bits per heavy atom. The lowest BCUT2D eigenvalue weighted by molar-refractivity contribution is 0.0644. The number of piperazine rings is 1. The maximum atomic E-state index is 12.7. The number of halogens is 1. The monoisotopic (exact) mass is 497 g/mol. The molecule has 10 heteroatoms. The zero-order valence-electron chi connectivity index (χ0n) is 15.6. The Morgan fingerprint density at radius 2 is 1.52 bits per heavy atom. The normalized spacial score (nSPS) is 18.4. The Hall–Kier alpha value is -1.59. The lowest BCUT2D eigenvalue weighted by Gasteiger charge is -2.33. The molecule has 0 bridgehead atoms. The highest BCUT2D eigenvalue weighted by Crippen LogP contribution is 2.29. The molecule has 2 aliphatic heterocycles. The van der Waals surface area contributed by atoms with Gasteiger partial charge in [0.1, 0.15) is 4.21 Å². The molecule has 2 aliphatic rings. The van der Waals surface area contributed by atoms with Crippen molar-refractivity contribution in [1.82, 2.24) is 14.1 Å².